The summed E-state index contributed by atoms with van der Waals surface area (Å²) in [5, 5.41) is 24.0. The van der Waals surface area contributed by atoms with Crippen molar-refractivity contribution in [3.63, 3.8) is 0 Å². The normalized spacial score (nSPS) is 14.2. The van der Waals surface area contributed by atoms with Crippen LogP contribution < -0.4 is 5.32 Å². The molecule has 0 aliphatic carbocycles. The summed E-state index contributed by atoms with van der Waals surface area (Å²) in [6.45, 7) is 2.84. The summed E-state index contributed by atoms with van der Waals surface area (Å²) in [5.41, 5.74) is 2.00. The van der Waals surface area contributed by atoms with Gasteiger partial charge in [-0.05, 0) is 35.0 Å². The first-order chi connectivity index (χ1) is 9.70. The van der Waals surface area contributed by atoms with Gasteiger partial charge >= 0.3 is 0 Å². The topological polar surface area (TPSA) is 85.1 Å². The molecule has 2 N–H and O–H groups in total. The Morgan fingerprint density at radius 2 is 2.30 bits per heavy atom. The molecule has 2 unspecified atom stereocenters. The number of nitrogens with zero attached hydrogens (tertiary/aromatic N) is 4. The highest BCUT2D eigenvalue weighted by Crippen LogP contribution is 2.16. The van der Waals surface area contributed by atoms with E-state index in [1.54, 1.807) is 18.1 Å². The predicted octanol–water partition coefficient (Wildman–Crippen LogP) is 0.320. The minimum atomic E-state index is -0.509. The van der Waals surface area contributed by atoms with Gasteiger partial charge in [0.05, 0.1) is 18.4 Å². The Hall–Kier alpha value is -1.83. The summed E-state index contributed by atoms with van der Waals surface area (Å²) in [7, 11) is 1.57. The maximum atomic E-state index is 9.63. The van der Waals surface area contributed by atoms with Crippen molar-refractivity contribution in [2.24, 2.45) is 0 Å². The SMILES string of the molecule is COCC(O)CNC(C)c1cccc(-n2cnnn2)c1. The van der Waals surface area contributed by atoms with Crippen LogP contribution in [0.25, 0.3) is 5.69 Å². The monoisotopic (exact) mass is 277 g/mol. The van der Waals surface area contributed by atoms with Gasteiger partial charge in [0.25, 0.3) is 0 Å². The molecule has 7 nitrogen and oxygen atoms in total. The van der Waals surface area contributed by atoms with Crippen LogP contribution in [0.4, 0.5) is 0 Å². The van der Waals surface area contributed by atoms with E-state index >= 15 is 0 Å². The average Bonchev–Trinajstić information content (AvgIpc) is 2.99. The van der Waals surface area contributed by atoms with Gasteiger partial charge in [-0.2, -0.15) is 0 Å². The van der Waals surface area contributed by atoms with E-state index < -0.39 is 6.10 Å². The zero-order valence-corrected chi connectivity index (χ0v) is 11.6. The number of aliphatic hydroxyl groups is 1. The molecule has 0 saturated carbocycles. The molecule has 0 radical (unpaired) electrons. The van der Waals surface area contributed by atoms with E-state index in [4.69, 9.17) is 4.74 Å². The minimum absolute atomic E-state index is 0.109. The number of methoxy groups -OCH3 is 1. The number of aliphatic hydroxyl groups excluding tert-OH is 1. The van der Waals surface area contributed by atoms with E-state index in [0.29, 0.717) is 13.2 Å². The van der Waals surface area contributed by atoms with Crippen LogP contribution >= 0.6 is 0 Å². The third-order valence-electron chi connectivity index (χ3n) is 3.00. The predicted molar refractivity (Wildman–Crippen MR) is 73.5 cm³/mol. The Morgan fingerprint density at radius 1 is 1.45 bits per heavy atom. The highest BCUT2D eigenvalue weighted by molar-refractivity contribution is 5.35. The van der Waals surface area contributed by atoms with E-state index in [2.05, 4.69) is 20.8 Å². The second kappa shape index (κ2) is 7.09. The third-order valence-corrected chi connectivity index (χ3v) is 3.00. The standard InChI is InChI=1S/C13H19N5O2/c1-10(14-7-13(19)8-20-2)11-4-3-5-12(6-11)18-9-15-16-17-18/h3-6,9-10,13-14,19H,7-8H2,1-2H3. The zero-order valence-electron chi connectivity index (χ0n) is 11.6. The molecule has 2 atom stereocenters. The summed E-state index contributed by atoms with van der Waals surface area (Å²) in [6.07, 6.45) is 1.05. The minimum Gasteiger partial charge on any atom is -0.389 e. The van der Waals surface area contributed by atoms with Gasteiger partial charge in [-0.3, -0.25) is 0 Å². The summed E-state index contributed by atoms with van der Waals surface area (Å²) in [4.78, 5) is 0. The highest BCUT2D eigenvalue weighted by Gasteiger charge is 2.09. The number of hydrogen-bond acceptors (Lipinski definition) is 6. The van der Waals surface area contributed by atoms with Crippen LogP contribution in [0.15, 0.2) is 30.6 Å². The molecule has 0 spiro atoms. The van der Waals surface area contributed by atoms with Gasteiger partial charge in [-0.1, -0.05) is 12.1 Å². The maximum absolute atomic E-state index is 9.63. The Morgan fingerprint density at radius 3 is 3.00 bits per heavy atom. The number of hydrogen-bond donors (Lipinski definition) is 2. The molecule has 1 heterocycles. The van der Waals surface area contributed by atoms with Gasteiger partial charge in [0.15, 0.2) is 0 Å². The molecule has 20 heavy (non-hydrogen) atoms. The van der Waals surface area contributed by atoms with Crippen LogP contribution in [0.3, 0.4) is 0 Å². The molecule has 0 saturated heterocycles. The van der Waals surface area contributed by atoms with Crippen molar-refractivity contribution in [3.8, 4) is 5.69 Å². The molecule has 0 aliphatic rings. The van der Waals surface area contributed by atoms with Gasteiger partial charge in [-0.15, -0.1) is 5.10 Å². The number of nitrogens with one attached hydrogen (secondary N) is 1. The molecule has 2 aromatic rings. The van der Waals surface area contributed by atoms with Crippen molar-refractivity contribution in [2.75, 3.05) is 20.3 Å². The summed E-state index contributed by atoms with van der Waals surface area (Å²) in [5.74, 6) is 0. The lowest BCUT2D eigenvalue weighted by Crippen LogP contribution is -2.31. The second-order valence-corrected chi connectivity index (χ2v) is 4.59. The van der Waals surface area contributed by atoms with Gasteiger partial charge in [-0.25, -0.2) is 4.68 Å². The molecule has 0 amide bonds. The van der Waals surface area contributed by atoms with E-state index in [0.717, 1.165) is 11.3 Å². The van der Waals surface area contributed by atoms with Crippen molar-refractivity contribution in [3.05, 3.63) is 36.2 Å². The number of tetrazole rings is 1. The molecule has 1 aromatic carbocycles. The van der Waals surface area contributed by atoms with Crippen molar-refractivity contribution >= 4 is 0 Å². The molecule has 2 rings (SSSR count). The van der Waals surface area contributed by atoms with Crippen LogP contribution in [-0.2, 0) is 4.74 Å². The van der Waals surface area contributed by atoms with Gasteiger partial charge in [0, 0.05) is 19.7 Å². The first-order valence-corrected chi connectivity index (χ1v) is 6.44. The molecule has 0 fully saturated rings. The van der Waals surface area contributed by atoms with Crippen LogP contribution in [0, 0.1) is 0 Å². The average molecular weight is 277 g/mol. The second-order valence-electron chi connectivity index (χ2n) is 4.59. The fourth-order valence-electron chi connectivity index (χ4n) is 1.90. The van der Waals surface area contributed by atoms with Crippen LogP contribution in [0.1, 0.15) is 18.5 Å². The Balaban J connectivity index is 2.00. The van der Waals surface area contributed by atoms with Gasteiger partial charge in [0.1, 0.15) is 6.33 Å². The molecule has 7 heteroatoms. The number of ether oxygens (including phenoxy) is 1. The first-order valence-electron chi connectivity index (χ1n) is 6.44. The maximum Gasteiger partial charge on any atom is 0.143 e. The van der Waals surface area contributed by atoms with Crippen LogP contribution in [-0.4, -0.2) is 51.7 Å². The quantitative estimate of drug-likeness (QED) is 0.758. The molecule has 0 bridgehead atoms. The van der Waals surface area contributed by atoms with Crippen LogP contribution in [0.5, 0.6) is 0 Å². The Labute approximate surface area is 117 Å². The fourth-order valence-corrected chi connectivity index (χ4v) is 1.90. The molecular formula is C13H19N5O2. The number of benzene rings is 1. The van der Waals surface area contributed by atoms with Crippen molar-refractivity contribution in [1.82, 2.24) is 25.5 Å². The summed E-state index contributed by atoms with van der Waals surface area (Å²) in [6, 6.07) is 8.03. The summed E-state index contributed by atoms with van der Waals surface area (Å²) >= 11 is 0. The first kappa shape index (κ1) is 14.6. The van der Waals surface area contributed by atoms with Crippen LogP contribution in [0.2, 0.25) is 0 Å². The molecule has 108 valence electrons. The Kier molecular flexibility index (Phi) is 5.16. The molecule has 0 aliphatic heterocycles. The van der Waals surface area contributed by atoms with E-state index in [1.165, 1.54) is 0 Å². The third kappa shape index (κ3) is 3.83. The molecule has 1 aromatic heterocycles. The van der Waals surface area contributed by atoms with E-state index in [9.17, 15) is 5.11 Å². The highest BCUT2D eigenvalue weighted by atomic mass is 16.5. The van der Waals surface area contributed by atoms with Gasteiger partial charge in [0.2, 0.25) is 0 Å². The van der Waals surface area contributed by atoms with Crippen molar-refractivity contribution in [1.29, 1.82) is 0 Å². The smallest absolute Gasteiger partial charge is 0.143 e. The molecular weight excluding hydrogens is 258 g/mol. The largest absolute Gasteiger partial charge is 0.389 e. The van der Waals surface area contributed by atoms with E-state index in [1.807, 2.05) is 31.2 Å². The summed E-state index contributed by atoms with van der Waals surface area (Å²) < 4.78 is 6.50. The lowest BCUT2D eigenvalue weighted by molar-refractivity contribution is 0.0630. The number of aromatic nitrogens is 4. The fraction of sp³-hybridized carbons (Fsp3) is 0.462. The Bertz CT molecular complexity index is 517. The zero-order chi connectivity index (χ0) is 14.4. The van der Waals surface area contributed by atoms with Gasteiger partial charge < -0.3 is 15.2 Å². The lowest BCUT2D eigenvalue weighted by atomic mass is 10.1. The van der Waals surface area contributed by atoms with E-state index in [-0.39, 0.29) is 6.04 Å². The lowest BCUT2D eigenvalue weighted by Gasteiger charge is -2.17. The van der Waals surface area contributed by atoms with Crippen molar-refractivity contribution < 1.29 is 9.84 Å². The number of rotatable bonds is 7. The van der Waals surface area contributed by atoms with Crippen molar-refractivity contribution in [2.45, 2.75) is 19.1 Å².